The smallest absolute Gasteiger partial charge is 0.246 e. The van der Waals surface area contributed by atoms with Crippen molar-refractivity contribution in [3.8, 4) is 0 Å². The van der Waals surface area contributed by atoms with Crippen LogP contribution in [0.4, 0.5) is 0 Å². The van der Waals surface area contributed by atoms with Gasteiger partial charge in [0.05, 0.1) is 44.1 Å². The number of nitrogens with zero attached hydrogens (tertiary/aromatic N) is 6. The molecule has 16 N–H and O–H groups in total. The van der Waals surface area contributed by atoms with E-state index in [9.17, 15) is 19.2 Å². The van der Waals surface area contributed by atoms with Gasteiger partial charge in [0.2, 0.25) is 23.1 Å². The van der Waals surface area contributed by atoms with Crippen LogP contribution in [0.2, 0.25) is 0 Å². The molecule has 0 saturated carbocycles. The number of rotatable bonds is 12. The van der Waals surface area contributed by atoms with Crippen LogP contribution in [0.15, 0.2) is 109 Å². The van der Waals surface area contributed by atoms with Crippen molar-refractivity contribution in [3.63, 3.8) is 0 Å². The molecule has 10 rings (SSSR count). The molecular weight excluding hydrogens is 869 g/mol. The highest BCUT2D eigenvalue weighted by atomic mass is 16.1. The first kappa shape index (κ1) is 42.9. The molecule has 332 valence electrons. The molecule has 0 radical (unpaired) electrons. The summed E-state index contributed by atoms with van der Waals surface area (Å²) in [4.78, 5) is 89.3. The third-order valence-electron chi connectivity index (χ3n) is 10.5. The fourth-order valence-corrected chi connectivity index (χ4v) is 7.00. The molecule has 0 unspecified atom stereocenters. The van der Waals surface area contributed by atoms with Gasteiger partial charge in [-0.1, -0.05) is 12.1 Å². The third kappa shape index (κ3) is 8.27. The van der Waals surface area contributed by atoms with Gasteiger partial charge in [-0.15, -0.1) is 0 Å². The van der Waals surface area contributed by atoms with Crippen LogP contribution in [0.5, 0.6) is 0 Å². The van der Waals surface area contributed by atoms with Crippen molar-refractivity contribution in [1.29, 1.82) is 21.6 Å². The van der Waals surface area contributed by atoms with Gasteiger partial charge in [0.15, 0.2) is 23.3 Å². The van der Waals surface area contributed by atoms with E-state index >= 15 is 0 Å². The Morgan fingerprint density at radius 2 is 0.559 bits per heavy atom. The average molecular weight is 903 g/mol. The van der Waals surface area contributed by atoms with Crippen molar-refractivity contribution in [2.75, 3.05) is 0 Å². The lowest BCUT2D eigenvalue weighted by Gasteiger charge is -2.01. The van der Waals surface area contributed by atoms with Gasteiger partial charge >= 0.3 is 0 Å². The van der Waals surface area contributed by atoms with Crippen LogP contribution < -0.4 is 22.9 Å². The van der Waals surface area contributed by atoms with Crippen molar-refractivity contribution in [2.45, 2.75) is 0 Å². The Balaban J connectivity index is 0.000000170. The number of nitrogen functional groups attached to an aromatic ring is 4. The Kier molecular flexibility index (Phi) is 10.7. The molecule has 0 fully saturated rings. The van der Waals surface area contributed by atoms with Crippen LogP contribution in [0.3, 0.4) is 0 Å². The second-order valence-electron chi connectivity index (χ2n) is 15.1. The Morgan fingerprint density at radius 1 is 0.338 bits per heavy atom. The number of aromatic amines is 4. The van der Waals surface area contributed by atoms with Gasteiger partial charge in [-0.2, -0.15) is 0 Å². The zero-order chi connectivity index (χ0) is 48.0. The Labute approximate surface area is 380 Å². The van der Waals surface area contributed by atoms with Crippen LogP contribution >= 0.6 is 0 Å². The summed E-state index contributed by atoms with van der Waals surface area (Å²) in [5.41, 5.74) is 28.6. The van der Waals surface area contributed by atoms with Gasteiger partial charge in [0.25, 0.3) is 0 Å². The second kappa shape index (κ2) is 17.0. The minimum absolute atomic E-state index is 0.0340. The molecular formula is C46H34N18O4. The fraction of sp³-hybridized carbons (Fsp3) is 0. The quantitative estimate of drug-likeness (QED) is 0.0472. The number of ketones is 4. The number of carbonyl (C=O) groups excluding carboxylic acids is 4. The topological polar surface area (TPSA) is 408 Å². The number of hydrogen-bond donors (Lipinski definition) is 12. The van der Waals surface area contributed by atoms with Crippen LogP contribution in [0.25, 0.3) is 44.1 Å². The maximum atomic E-state index is 13.0. The van der Waals surface area contributed by atoms with E-state index in [2.05, 4.69) is 49.8 Å². The Bertz CT molecular complexity index is 3330. The molecule has 68 heavy (non-hydrogen) atoms. The highest BCUT2D eigenvalue weighted by Gasteiger charge is 2.23. The molecule has 0 atom stereocenters. The molecule has 0 aliphatic rings. The summed E-state index contributed by atoms with van der Waals surface area (Å²) in [6.07, 6.45) is 0. The zero-order valence-corrected chi connectivity index (χ0v) is 35.0. The minimum Gasteiger partial charge on any atom is -0.384 e. The Morgan fingerprint density at radius 3 is 0.765 bits per heavy atom. The third-order valence-corrected chi connectivity index (χ3v) is 10.5. The molecule has 22 heteroatoms. The standard InChI is InChI=1S/2C23H17N9O2/c2*24-20(25)10-4-6-12-16(8-10)31-22(29-12)18(33)14-2-1-3-15(28-14)19(34)23-30-13-7-5-11(21(26)27)9-17(13)32-23/h2*1-9H,(H3,24,25)(H3,26,27)(H,29,31)(H,30,32). The van der Waals surface area contributed by atoms with E-state index in [1.54, 1.807) is 84.9 Å². The molecule has 6 aromatic heterocycles. The summed E-state index contributed by atoms with van der Waals surface area (Å²) in [5.74, 6) is -2.17. The van der Waals surface area contributed by atoms with E-state index in [0.29, 0.717) is 66.4 Å². The number of benzene rings is 4. The Hall–Kier alpha value is -10.4. The number of nitrogens with two attached hydrogens (primary N) is 4. The van der Waals surface area contributed by atoms with Gasteiger partial charge in [0, 0.05) is 22.3 Å². The number of aromatic nitrogens is 10. The van der Waals surface area contributed by atoms with Gasteiger partial charge in [-0.05, 0) is 97.1 Å². The number of carbonyl (C=O) groups is 4. The maximum Gasteiger partial charge on any atom is 0.246 e. The molecule has 10 aromatic rings. The molecule has 0 saturated heterocycles. The van der Waals surface area contributed by atoms with E-state index < -0.39 is 23.1 Å². The maximum absolute atomic E-state index is 13.0. The van der Waals surface area contributed by atoms with E-state index in [0.717, 1.165) is 0 Å². The van der Waals surface area contributed by atoms with Crippen molar-refractivity contribution in [2.24, 2.45) is 22.9 Å². The summed E-state index contributed by atoms with van der Waals surface area (Å²) in [5, 5.41) is 30.2. The molecule has 4 aromatic carbocycles. The van der Waals surface area contributed by atoms with Crippen LogP contribution in [0, 0.1) is 21.6 Å². The minimum atomic E-state index is -0.495. The first-order chi connectivity index (χ1) is 32.6. The number of H-pyrrole nitrogens is 4. The summed E-state index contributed by atoms with van der Waals surface area (Å²) >= 11 is 0. The monoisotopic (exact) mass is 902 g/mol. The number of hydrogen-bond acceptors (Lipinski definition) is 14. The summed E-state index contributed by atoms with van der Waals surface area (Å²) in [7, 11) is 0. The molecule has 6 heterocycles. The predicted molar refractivity (Wildman–Crippen MR) is 251 cm³/mol. The number of nitrogens with one attached hydrogen (secondary N) is 8. The highest BCUT2D eigenvalue weighted by Crippen LogP contribution is 2.21. The van der Waals surface area contributed by atoms with Gasteiger partial charge in [-0.25, -0.2) is 29.9 Å². The number of imidazole rings is 4. The lowest BCUT2D eigenvalue weighted by molar-refractivity contribution is 0.100. The largest absolute Gasteiger partial charge is 0.384 e. The lowest BCUT2D eigenvalue weighted by atomic mass is 10.2. The van der Waals surface area contributed by atoms with Crippen LogP contribution in [0.1, 0.15) is 87.5 Å². The first-order valence-electron chi connectivity index (χ1n) is 20.1. The summed E-state index contributed by atoms with van der Waals surface area (Å²) in [6.45, 7) is 0. The zero-order valence-electron chi connectivity index (χ0n) is 35.0. The van der Waals surface area contributed by atoms with Gasteiger partial charge < -0.3 is 42.9 Å². The molecule has 0 aliphatic carbocycles. The lowest BCUT2D eigenvalue weighted by Crippen LogP contribution is -2.12. The molecule has 0 bridgehead atoms. The van der Waals surface area contributed by atoms with Crippen LogP contribution in [-0.4, -0.2) is 96.3 Å². The van der Waals surface area contributed by atoms with Gasteiger partial charge in [-0.3, -0.25) is 40.8 Å². The molecule has 22 nitrogen and oxygen atoms in total. The normalized spacial score (nSPS) is 11.1. The van der Waals surface area contributed by atoms with Crippen molar-refractivity contribution < 1.29 is 19.2 Å². The van der Waals surface area contributed by atoms with Crippen molar-refractivity contribution >= 4 is 90.6 Å². The second-order valence-corrected chi connectivity index (χ2v) is 15.1. The van der Waals surface area contributed by atoms with E-state index in [4.69, 9.17) is 44.6 Å². The summed E-state index contributed by atoms with van der Waals surface area (Å²) in [6, 6.07) is 28.8. The SMILES string of the molecule is N=C(N)c1ccc2nc(C(=O)c3cccc(C(=O)c4nc5ccc(C(=N)N)cc5[nH]4)n3)[nH]c2c1.N=C(N)c1ccc2nc(C(=O)c3cccc(C(=O)c4nc5ccc(C(=N)N)cc5[nH]4)n3)[nH]c2c1. The molecule has 0 amide bonds. The molecule has 0 spiro atoms. The van der Waals surface area contributed by atoms with Crippen molar-refractivity contribution in [1.82, 2.24) is 49.8 Å². The number of fused-ring (bicyclic) bond motifs is 4. The van der Waals surface area contributed by atoms with Crippen LogP contribution in [-0.2, 0) is 0 Å². The highest BCUT2D eigenvalue weighted by molar-refractivity contribution is 6.12. The van der Waals surface area contributed by atoms with E-state index in [-0.39, 0.29) is 69.4 Å². The van der Waals surface area contributed by atoms with E-state index in [1.807, 2.05) is 0 Å². The fourth-order valence-electron chi connectivity index (χ4n) is 7.00. The number of amidine groups is 4. The number of pyridine rings is 2. The van der Waals surface area contributed by atoms with Crippen molar-refractivity contribution in [3.05, 3.63) is 178 Å². The average Bonchev–Trinajstić information content (AvgIpc) is 4.17. The molecule has 0 aliphatic heterocycles. The first-order valence-corrected chi connectivity index (χ1v) is 20.1. The van der Waals surface area contributed by atoms with E-state index in [1.165, 1.54) is 24.3 Å². The predicted octanol–water partition coefficient (Wildman–Crippen LogP) is 3.73. The summed E-state index contributed by atoms with van der Waals surface area (Å²) < 4.78 is 0. The van der Waals surface area contributed by atoms with Gasteiger partial charge in [0.1, 0.15) is 46.1 Å².